The molecule has 1 unspecified atom stereocenters. The third-order valence-electron chi connectivity index (χ3n) is 2.17. The molecule has 80 valence electrons. The second-order valence-corrected chi connectivity index (χ2v) is 3.78. The van der Waals surface area contributed by atoms with Crippen LogP contribution in [0, 0.1) is 0 Å². The summed E-state index contributed by atoms with van der Waals surface area (Å²) in [5.41, 5.74) is 0. The van der Waals surface area contributed by atoms with Gasteiger partial charge in [0.05, 0.1) is 12.4 Å². The van der Waals surface area contributed by atoms with Crippen LogP contribution in [0.15, 0.2) is 22.8 Å². The highest BCUT2D eigenvalue weighted by atomic mass is 16.3. The van der Waals surface area contributed by atoms with Crippen molar-refractivity contribution in [2.45, 2.75) is 38.8 Å². The fraction of sp³-hybridized carbons (Fsp3) is 0.636. The van der Waals surface area contributed by atoms with Gasteiger partial charge in [0, 0.05) is 19.0 Å². The average molecular weight is 197 g/mol. The van der Waals surface area contributed by atoms with Crippen LogP contribution in [0.5, 0.6) is 0 Å². The monoisotopic (exact) mass is 197 g/mol. The van der Waals surface area contributed by atoms with E-state index < -0.39 is 0 Å². The molecule has 3 nitrogen and oxygen atoms in total. The first-order valence-electron chi connectivity index (χ1n) is 5.12. The van der Waals surface area contributed by atoms with Gasteiger partial charge in [-0.05, 0) is 32.4 Å². The lowest BCUT2D eigenvalue weighted by atomic mass is 10.1. The van der Waals surface area contributed by atoms with E-state index in [0.717, 1.165) is 18.6 Å². The van der Waals surface area contributed by atoms with E-state index in [1.807, 2.05) is 12.1 Å². The molecule has 0 radical (unpaired) electrons. The van der Waals surface area contributed by atoms with Crippen LogP contribution in [0.25, 0.3) is 0 Å². The van der Waals surface area contributed by atoms with Crippen LogP contribution in [-0.4, -0.2) is 23.8 Å². The van der Waals surface area contributed by atoms with Crippen LogP contribution < -0.4 is 5.32 Å². The summed E-state index contributed by atoms with van der Waals surface area (Å²) in [5, 5.41) is 12.3. The van der Waals surface area contributed by atoms with E-state index >= 15 is 0 Å². The maximum Gasteiger partial charge on any atom is 0.103 e. The summed E-state index contributed by atoms with van der Waals surface area (Å²) in [6.07, 6.45) is 3.39. The summed E-state index contributed by atoms with van der Waals surface area (Å²) in [6.45, 7) is 4.55. The van der Waals surface area contributed by atoms with E-state index in [2.05, 4.69) is 12.2 Å². The van der Waals surface area contributed by atoms with Gasteiger partial charge in [-0.1, -0.05) is 0 Å². The molecule has 2 N–H and O–H groups in total. The Labute approximate surface area is 85.1 Å². The number of rotatable bonds is 6. The van der Waals surface area contributed by atoms with Gasteiger partial charge in [0.15, 0.2) is 0 Å². The molecule has 0 bridgehead atoms. The van der Waals surface area contributed by atoms with Gasteiger partial charge in [0.2, 0.25) is 0 Å². The minimum Gasteiger partial charge on any atom is -0.469 e. The van der Waals surface area contributed by atoms with Gasteiger partial charge in [-0.2, -0.15) is 0 Å². The van der Waals surface area contributed by atoms with E-state index in [9.17, 15) is 0 Å². The zero-order valence-corrected chi connectivity index (χ0v) is 8.86. The molecule has 0 fully saturated rings. The van der Waals surface area contributed by atoms with Crippen molar-refractivity contribution in [1.29, 1.82) is 0 Å². The topological polar surface area (TPSA) is 45.4 Å². The minimum absolute atomic E-state index is 0.277. The molecule has 0 aliphatic rings. The summed E-state index contributed by atoms with van der Waals surface area (Å²) in [5.74, 6) is 1.02. The maximum atomic E-state index is 9.07. The van der Waals surface area contributed by atoms with Crippen molar-refractivity contribution in [3.63, 3.8) is 0 Å². The third kappa shape index (κ3) is 4.44. The molecule has 1 heterocycles. The van der Waals surface area contributed by atoms with Crippen molar-refractivity contribution in [3.8, 4) is 0 Å². The summed E-state index contributed by atoms with van der Waals surface area (Å²) < 4.78 is 5.23. The van der Waals surface area contributed by atoms with Crippen LogP contribution in [-0.2, 0) is 6.42 Å². The second-order valence-electron chi connectivity index (χ2n) is 3.78. The lowest BCUT2D eigenvalue weighted by Gasteiger charge is -2.14. The number of aryl methyl sites for hydroxylation is 1. The summed E-state index contributed by atoms with van der Waals surface area (Å²) in [7, 11) is 0. The molecular weight excluding hydrogens is 178 g/mol. The van der Waals surface area contributed by atoms with Crippen LogP contribution in [0.3, 0.4) is 0 Å². The van der Waals surface area contributed by atoms with Crippen LogP contribution in [0.2, 0.25) is 0 Å². The Morgan fingerprint density at radius 2 is 2.29 bits per heavy atom. The second kappa shape index (κ2) is 5.83. The Hall–Kier alpha value is -0.800. The van der Waals surface area contributed by atoms with E-state index in [0.29, 0.717) is 12.6 Å². The normalized spacial score (nSPS) is 15.4. The Morgan fingerprint density at radius 1 is 1.50 bits per heavy atom. The molecule has 0 spiro atoms. The lowest BCUT2D eigenvalue weighted by Crippen LogP contribution is -2.32. The number of aliphatic hydroxyl groups excluding tert-OH is 1. The van der Waals surface area contributed by atoms with Gasteiger partial charge in [-0.25, -0.2) is 0 Å². The van der Waals surface area contributed by atoms with Crippen LogP contribution in [0.1, 0.15) is 26.0 Å². The van der Waals surface area contributed by atoms with E-state index in [4.69, 9.17) is 9.52 Å². The molecule has 1 rings (SSSR count). The third-order valence-corrected chi connectivity index (χ3v) is 2.17. The SMILES string of the molecule is CC(CCc1ccco1)NC[C@H](C)O. The first-order chi connectivity index (χ1) is 6.68. The Bertz CT molecular complexity index is 231. The largest absolute Gasteiger partial charge is 0.469 e. The van der Waals surface area contributed by atoms with Gasteiger partial charge in [0.25, 0.3) is 0 Å². The summed E-state index contributed by atoms with van der Waals surface area (Å²) >= 11 is 0. The molecule has 0 saturated carbocycles. The summed E-state index contributed by atoms with van der Waals surface area (Å²) in [6, 6.07) is 4.31. The van der Waals surface area contributed by atoms with Gasteiger partial charge in [-0.3, -0.25) is 0 Å². The number of aliphatic hydroxyl groups is 1. The molecule has 0 aliphatic carbocycles. The highest BCUT2D eigenvalue weighted by molar-refractivity contribution is 4.98. The van der Waals surface area contributed by atoms with Gasteiger partial charge in [0.1, 0.15) is 5.76 Å². The minimum atomic E-state index is -0.277. The quantitative estimate of drug-likeness (QED) is 0.727. The standard InChI is InChI=1S/C11H19NO2/c1-9(12-8-10(2)13)5-6-11-4-3-7-14-11/h3-4,7,9-10,12-13H,5-6,8H2,1-2H3/t9?,10-/m0/s1. The predicted octanol–water partition coefficient (Wildman–Crippen LogP) is 1.57. The number of hydrogen-bond acceptors (Lipinski definition) is 3. The average Bonchev–Trinajstić information content (AvgIpc) is 2.63. The molecule has 0 aromatic carbocycles. The molecule has 0 saturated heterocycles. The highest BCUT2D eigenvalue weighted by Gasteiger charge is 2.04. The summed E-state index contributed by atoms with van der Waals surface area (Å²) in [4.78, 5) is 0. The molecule has 1 aromatic rings. The molecule has 3 heteroatoms. The number of nitrogens with one attached hydrogen (secondary N) is 1. The molecule has 2 atom stereocenters. The molecule has 0 amide bonds. The highest BCUT2D eigenvalue weighted by Crippen LogP contribution is 2.05. The lowest BCUT2D eigenvalue weighted by molar-refractivity contribution is 0.186. The molecule has 0 aliphatic heterocycles. The molecule has 14 heavy (non-hydrogen) atoms. The molecular formula is C11H19NO2. The fourth-order valence-electron chi connectivity index (χ4n) is 1.29. The number of hydrogen-bond donors (Lipinski definition) is 2. The van der Waals surface area contributed by atoms with Crippen molar-refractivity contribution in [3.05, 3.63) is 24.2 Å². The van der Waals surface area contributed by atoms with Crippen molar-refractivity contribution in [1.82, 2.24) is 5.32 Å². The van der Waals surface area contributed by atoms with E-state index in [1.54, 1.807) is 13.2 Å². The zero-order valence-electron chi connectivity index (χ0n) is 8.86. The Morgan fingerprint density at radius 3 is 2.86 bits per heavy atom. The predicted molar refractivity (Wildman–Crippen MR) is 56.2 cm³/mol. The van der Waals surface area contributed by atoms with Crippen LogP contribution >= 0.6 is 0 Å². The Balaban J connectivity index is 2.12. The Kier molecular flexibility index (Phi) is 4.70. The van der Waals surface area contributed by atoms with Crippen LogP contribution in [0.4, 0.5) is 0 Å². The first kappa shape index (κ1) is 11.3. The first-order valence-corrected chi connectivity index (χ1v) is 5.12. The van der Waals surface area contributed by atoms with Gasteiger partial charge >= 0.3 is 0 Å². The van der Waals surface area contributed by atoms with Crippen molar-refractivity contribution in [2.75, 3.05) is 6.54 Å². The maximum absolute atomic E-state index is 9.07. The van der Waals surface area contributed by atoms with E-state index in [1.165, 1.54) is 0 Å². The fourth-order valence-corrected chi connectivity index (χ4v) is 1.29. The smallest absolute Gasteiger partial charge is 0.103 e. The van der Waals surface area contributed by atoms with Crippen molar-refractivity contribution >= 4 is 0 Å². The van der Waals surface area contributed by atoms with Crippen molar-refractivity contribution < 1.29 is 9.52 Å². The number of furan rings is 1. The molecule has 1 aromatic heterocycles. The van der Waals surface area contributed by atoms with Gasteiger partial charge < -0.3 is 14.8 Å². The van der Waals surface area contributed by atoms with E-state index in [-0.39, 0.29) is 6.10 Å². The van der Waals surface area contributed by atoms with Crippen molar-refractivity contribution in [2.24, 2.45) is 0 Å². The van der Waals surface area contributed by atoms with Gasteiger partial charge in [-0.15, -0.1) is 0 Å². The zero-order chi connectivity index (χ0) is 10.4.